The van der Waals surface area contributed by atoms with Gasteiger partial charge in [0, 0.05) is 17.8 Å². The van der Waals surface area contributed by atoms with Crippen molar-refractivity contribution in [2.75, 3.05) is 5.32 Å². The number of rotatable bonds is 6. The standard InChI is InChI=1S/C24H29N3O2S2/c28-31(29,27-24-13-18-10-19(14-24)12-20(11-18)15-24)22-8-6-21(7-9-22)26-23(30)25-16-17-4-2-1-3-5-17/h1-9,18-20,27H,10-16H2,(H2,25,26,30). The van der Waals surface area contributed by atoms with E-state index in [-0.39, 0.29) is 5.54 Å². The van der Waals surface area contributed by atoms with Crippen LogP contribution in [-0.2, 0) is 16.6 Å². The van der Waals surface area contributed by atoms with E-state index in [1.54, 1.807) is 24.3 Å². The lowest BCUT2D eigenvalue weighted by molar-refractivity contribution is -0.00810. The van der Waals surface area contributed by atoms with E-state index in [0.717, 1.165) is 30.5 Å². The summed E-state index contributed by atoms with van der Waals surface area (Å²) in [5.41, 5.74) is 1.68. The van der Waals surface area contributed by atoms with Crippen LogP contribution >= 0.6 is 12.2 Å². The lowest BCUT2D eigenvalue weighted by Gasteiger charge is -2.56. The van der Waals surface area contributed by atoms with E-state index < -0.39 is 10.0 Å². The number of nitrogens with one attached hydrogen (secondary N) is 3. The molecule has 4 aliphatic carbocycles. The molecule has 164 valence electrons. The van der Waals surface area contributed by atoms with Crippen LogP contribution in [-0.4, -0.2) is 19.1 Å². The van der Waals surface area contributed by atoms with Crippen LogP contribution in [0.15, 0.2) is 59.5 Å². The van der Waals surface area contributed by atoms with Gasteiger partial charge in [-0.05, 0) is 98.3 Å². The Hall–Kier alpha value is -1.96. The number of anilines is 1. The normalized spacial score (nSPS) is 29.0. The van der Waals surface area contributed by atoms with Gasteiger partial charge in [-0.25, -0.2) is 13.1 Å². The molecule has 2 aromatic carbocycles. The summed E-state index contributed by atoms with van der Waals surface area (Å²) in [6.07, 6.45) is 6.87. The van der Waals surface area contributed by atoms with Crippen molar-refractivity contribution < 1.29 is 8.42 Å². The zero-order valence-corrected chi connectivity index (χ0v) is 19.1. The molecule has 4 fully saturated rings. The van der Waals surface area contributed by atoms with E-state index >= 15 is 0 Å². The van der Waals surface area contributed by atoms with Crippen molar-refractivity contribution >= 4 is 33.0 Å². The van der Waals surface area contributed by atoms with Crippen LogP contribution < -0.4 is 15.4 Å². The van der Waals surface area contributed by atoms with Crippen LogP contribution in [0.2, 0.25) is 0 Å². The molecule has 0 spiro atoms. The molecule has 0 heterocycles. The fraction of sp³-hybridized carbons (Fsp3) is 0.458. The van der Waals surface area contributed by atoms with Crippen LogP contribution in [0.25, 0.3) is 0 Å². The molecular weight excluding hydrogens is 426 g/mol. The molecule has 0 aromatic heterocycles. The summed E-state index contributed by atoms with van der Waals surface area (Å²) in [5.74, 6) is 2.10. The molecular formula is C24H29N3O2S2. The van der Waals surface area contributed by atoms with E-state index in [0.29, 0.717) is 34.3 Å². The first-order chi connectivity index (χ1) is 14.9. The maximum absolute atomic E-state index is 13.1. The minimum atomic E-state index is -3.54. The van der Waals surface area contributed by atoms with Crippen molar-refractivity contribution in [3.63, 3.8) is 0 Å². The summed E-state index contributed by atoms with van der Waals surface area (Å²) >= 11 is 5.36. The highest BCUT2D eigenvalue weighted by Crippen LogP contribution is 2.55. The minimum absolute atomic E-state index is 0.229. The van der Waals surface area contributed by atoms with Gasteiger partial charge in [0.2, 0.25) is 10.0 Å². The number of benzene rings is 2. The van der Waals surface area contributed by atoms with Gasteiger partial charge in [0.05, 0.1) is 4.90 Å². The van der Waals surface area contributed by atoms with Gasteiger partial charge in [-0.15, -0.1) is 0 Å². The fourth-order valence-electron chi connectivity index (χ4n) is 6.25. The van der Waals surface area contributed by atoms with Crippen molar-refractivity contribution in [2.24, 2.45) is 17.8 Å². The molecule has 7 heteroatoms. The zero-order chi connectivity index (χ0) is 21.5. The van der Waals surface area contributed by atoms with Crippen molar-refractivity contribution in [1.29, 1.82) is 0 Å². The van der Waals surface area contributed by atoms with Crippen LogP contribution in [0.4, 0.5) is 5.69 Å². The second-order valence-corrected chi connectivity index (χ2v) is 11.7. The van der Waals surface area contributed by atoms with Gasteiger partial charge < -0.3 is 10.6 Å². The van der Waals surface area contributed by atoms with E-state index in [2.05, 4.69) is 15.4 Å². The lowest BCUT2D eigenvalue weighted by Crippen LogP contribution is -2.59. The topological polar surface area (TPSA) is 70.2 Å². The molecule has 4 aliphatic rings. The smallest absolute Gasteiger partial charge is 0.241 e. The van der Waals surface area contributed by atoms with Gasteiger partial charge in [-0.2, -0.15) is 0 Å². The third-order valence-electron chi connectivity index (χ3n) is 7.11. The van der Waals surface area contributed by atoms with Gasteiger partial charge in [0.15, 0.2) is 5.11 Å². The van der Waals surface area contributed by atoms with Crippen molar-refractivity contribution in [3.8, 4) is 0 Å². The highest BCUT2D eigenvalue weighted by Gasteiger charge is 2.52. The largest absolute Gasteiger partial charge is 0.358 e. The number of hydrogen-bond donors (Lipinski definition) is 3. The second kappa shape index (κ2) is 8.19. The van der Waals surface area contributed by atoms with E-state index in [1.807, 2.05) is 30.3 Å². The summed E-state index contributed by atoms with van der Waals surface area (Å²) in [4.78, 5) is 0.317. The van der Waals surface area contributed by atoms with E-state index in [9.17, 15) is 8.42 Å². The van der Waals surface area contributed by atoms with Gasteiger partial charge in [0.1, 0.15) is 0 Å². The molecule has 0 aliphatic heterocycles. The Bertz CT molecular complexity index is 1020. The molecule has 0 atom stereocenters. The molecule has 31 heavy (non-hydrogen) atoms. The van der Waals surface area contributed by atoms with Crippen LogP contribution in [0.3, 0.4) is 0 Å². The predicted molar refractivity (Wildman–Crippen MR) is 127 cm³/mol. The average molecular weight is 456 g/mol. The quantitative estimate of drug-likeness (QED) is 0.563. The average Bonchev–Trinajstić information content (AvgIpc) is 2.72. The van der Waals surface area contributed by atoms with Crippen molar-refractivity contribution in [3.05, 3.63) is 60.2 Å². The van der Waals surface area contributed by atoms with E-state index in [4.69, 9.17) is 12.2 Å². The molecule has 5 nitrogen and oxygen atoms in total. The summed E-state index contributed by atoms with van der Waals surface area (Å²) in [5, 5.41) is 6.80. The van der Waals surface area contributed by atoms with E-state index in [1.165, 1.54) is 19.3 Å². The predicted octanol–water partition coefficient (Wildman–Crippen LogP) is 4.42. The molecule has 0 amide bonds. The SMILES string of the molecule is O=S(=O)(NC12CC3CC(CC(C3)C1)C2)c1ccc(NC(=S)NCc2ccccc2)cc1. The Labute approximate surface area is 190 Å². The highest BCUT2D eigenvalue weighted by atomic mass is 32.2. The first-order valence-corrected chi connectivity index (χ1v) is 13.0. The van der Waals surface area contributed by atoms with Crippen molar-refractivity contribution in [2.45, 2.75) is 55.5 Å². The first kappa shape index (κ1) is 20.9. The highest BCUT2D eigenvalue weighted by molar-refractivity contribution is 7.89. The summed E-state index contributed by atoms with van der Waals surface area (Å²) in [6.45, 7) is 0.633. The van der Waals surface area contributed by atoms with Gasteiger partial charge in [0.25, 0.3) is 0 Å². The molecule has 0 saturated heterocycles. The second-order valence-electron chi connectivity index (χ2n) is 9.62. The van der Waals surface area contributed by atoms with Gasteiger partial charge in [-0.1, -0.05) is 30.3 Å². The molecule has 6 rings (SSSR count). The Morgan fingerprint density at radius 2 is 1.48 bits per heavy atom. The summed E-state index contributed by atoms with van der Waals surface area (Å²) in [6, 6.07) is 16.9. The maximum atomic E-state index is 13.1. The zero-order valence-electron chi connectivity index (χ0n) is 17.5. The third kappa shape index (κ3) is 4.64. The Kier molecular flexibility index (Phi) is 5.52. The van der Waals surface area contributed by atoms with Crippen molar-refractivity contribution in [1.82, 2.24) is 10.0 Å². The van der Waals surface area contributed by atoms with Crippen LogP contribution in [0, 0.1) is 17.8 Å². The van der Waals surface area contributed by atoms with Gasteiger partial charge >= 0.3 is 0 Å². The Balaban J connectivity index is 1.21. The lowest BCUT2D eigenvalue weighted by atomic mass is 9.53. The number of thiocarbonyl (C=S) groups is 1. The van der Waals surface area contributed by atoms with Crippen LogP contribution in [0.5, 0.6) is 0 Å². The monoisotopic (exact) mass is 455 g/mol. The summed E-state index contributed by atoms with van der Waals surface area (Å²) < 4.78 is 29.4. The number of hydrogen-bond acceptors (Lipinski definition) is 3. The molecule has 0 radical (unpaired) electrons. The Morgan fingerprint density at radius 3 is 2.06 bits per heavy atom. The third-order valence-corrected chi connectivity index (χ3v) is 8.95. The molecule has 2 aromatic rings. The molecule has 4 saturated carbocycles. The fourth-order valence-corrected chi connectivity index (χ4v) is 7.87. The Morgan fingerprint density at radius 1 is 0.903 bits per heavy atom. The molecule has 4 bridgehead atoms. The minimum Gasteiger partial charge on any atom is -0.358 e. The maximum Gasteiger partial charge on any atom is 0.241 e. The summed E-state index contributed by atoms with van der Waals surface area (Å²) in [7, 11) is -3.54. The van der Waals surface area contributed by atoms with Gasteiger partial charge in [-0.3, -0.25) is 0 Å². The first-order valence-electron chi connectivity index (χ1n) is 11.1. The van der Waals surface area contributed by atoms with Crippen LogP contribution in [0.1, 0.15) is 44.1 Å². The molecule has 3 N–H and O–H groups in total. The molecule has 0 unspecified atom stereocenters. The number of sulfonamides is 1.